The molecule has 0 aliphatic heterocycles. The highest BCUT2D eigenvalue weighted by Gasteiger charge is 2.08. The van der Waals surface area contributed by atoms with E-state index in [1.54, 1.807) is 30.5 Å². The lowest BCUT2D eigenvalue weighted by Gasteiger charge is -2.05. The van der Waals surface area contributed by atoms with Crippen LogP contribution in [0.25, 0.3) is 0 Å². The topological polar surface area (TPSA) is 50.7 Å². The Morgan fingerprint density at radius 1 is 0.960 bits per heavy atom. The van der Waals surface area contributed by atoms with Gasteiger partial charge in [0.25, 0.3) is 0 Å². The highest BCUT2D eigenvalue weighted by Crippen LogP contribution is 2.15. The Morgan fingerprint density at radius 2 is 1.72 bits per heavy atom. The average molecular weight is 330 g/mol. The van der Waals surface area contributed by atoms with Crippen LogP contribution < -0.4 is 10.2 Å². The molecule has 0 amide bonds. The second-order valence-electron chi connectivity index (χ2n) is 5.56. The molecule has 0 bridgehead atoms. The number of carbonyl (C=O) groups is 1. The van der Waals surface area contributed by atoms with Gasteiger partial charge in [0, 0.05) is 0 Å². The van der Waals surface area contributed by atoms with E-state index in [2.05, 4.69) is 10.5 Å². The summed E-state index contributed by atoms with van der Waals surface area (Å²) in [5.74, 6) is 0.103. The molecule has 0 saturated heterocycles. The number of aryl methyl sites for hydroxylation is 1. The van der Waals surface area contributed by atoms with Crippen molar-refractivity contribution in [1.29, 1.82) is 0 Å². The number of hydrogen-bond donors (Lipinski definition) is 1. The van der Waals surface area contributed by atoms with Gasteiger partial charge in [0.15, 0.2) is 0 Å². The van der Waals surface area contributed by atoms with Gasteiger partial charge in [0.2, 0.25) is 0 Å². The number of ether oxygens (including phenoxy) is 1. The van der Waals surface area contributed by atoms with E-state index in [0.29, 0.717) is 11.3 Å². The van der Waals surface area contributed by atoms with Gasteiger partial charge in [-0.05, 0) is 48.9 Å². The molecule has 3 rings (SSSR count). The van der Waals surface area contributed by atoms with Crippen LogP contribution >= 0.6 is 0 Å². The first kappa shape index (κ1) is 16.5. The SMILES string of the molecule is Cc1ccc(C(=O)Oc2cccc(C=NNc3ccccc3)c2)cc1. The van der Waals surface area contributed by atoms with Crippen LogP contribution in [0.5, 0.6) is 5.75 Å². The maximum absolute atomic E-state index is 12.2. The minimum absolute atomic E-state index is 0.378. The largest absolute Gasteiger partial charge is 0.423 e. The van der Waals surface area contributed by atoms with Gasteiger partial charge < -0.3 is 4.74 Å². The van der Waals surface area contributed by atoms with E-state index < -0.39 is 0 Å². The molecule has 0 heterocycles. The van der Waals surface area contributed by atoms with Gasteiger partial charge in [-0.3, -0.25) is 5.43 Å². The number of rotatable bonds is 5. The maximum atomic E-state index is 12.2. The van der Waals surface area contributed by atoms with Gasteiger partial charge in [-0.15, -0.1) is 0 Å². The quantitative estimate of drug-likeness (QED) is 0.320. The summed E-state index contributed by atoms with van der Waals surface area (Å²) in [5, 5.41) is 4.18. The Labute approximate surface area is 146 Å². The molecule has 0 radical (unpaired) electrons. The van der Waals surface area contributed by atoms with E-state index in [4.69, 9.17) is 4.74 Å². The van der Waals surface area contributed by atoms with Crippen molar-refractivity contribution >= 4 is 17.9 Å². The number of esters is 1. The number of anilines is 1. The van der Waals surface area contributed by atoms with E-state index in [1.165, 1.54) is 0 Å². The molecular formula is C21H18N2O2. The number of hydrazone groups is 1. The third-order valence-corrected chi connectivity index (χ3v) is 3.54. The van der Waals surface area contributed by atoms with Crippen LogP contribution in [0, 0.1) is 6.92 Å². The fraction of sp³-hybridized carbons (Fsp3) is 0.0476. The lowest BCUT2D eigenvalue weighted by molar-refractivity contribution is 0.0735. The number of hydrogen-bond acceptors (Lipinski definition) is 4. The Kier molecular flexibility index (Phi) is 5.22. The van der Waals surface area contributed by atoms with Crippen molar-refractivity contribution in [2.45, 2.75) is 6.92 Å². The zero-order valence-electron chi connectivity index (χ0n) is 13.8. The summed E-state index contributed by atoms with van der Waals surface area (Å²) < 4.78 is 5.42. The van der Waals surface area contributed by atoms with Crippen molar-refractivity contribution in [3.05, 3.63) is 95.6 Å². The summed E-state index contributed by atoms with van der Waals surface area (Å²) in [5.41, 5.74) is 6.30. The van der Waals surface area contributed by atoms with E-state index >= 15 is 0 Å². The molecular weight excluding hydrogens is 312 g/mol. The molecule has 25 heavy (non-hydrogen) atoms. The zero-order chi connectivity index (χ0) is 17.5. The van der Waals surface area contributed by atoms with Crippen LogP contribution in [-0.4, -0.2) is 12.2 Å². The molecule has 0 fully saturated rings. The predicted molar refractivity (Wildman–Crippen MR) is 100 cm³/mol. The number of carbonyl (C=O) groups excluding carboxylic acids is 1. The summed E-state index contributed by atoms with van der Waals surface area (Å²) in [6, 6.07) is 24.2. The maximum Gasteiger partial charge on any atom is 0.343 e. The minimum Gasteiger partial charge on any atom is -0.423 e. The summed E-state index contributed by atoms with van der Waals surface area (Å²) >= 11 is 0. The fourth-order valence-electron chi connectivity index (χ4n) is 2.21. The molecule has 1 N–H and O–H groups in total. The third kappa shape index (κ3) is 4.78. The van der Waals surface area contributed by atoms with Gasteiger partial charge in [0.05, 0.1) is 17.5 Å². The molecule has 0 aliphatic carbocycles. The van der Waals surface area contributed by atoms with E-state index in [9.17, 15) is 4.79 Å². The van der Waals surface area contributed by atoms with Crippen LogP contribution in [-0.2, 0) is 0 Å². The van der Waals surface area contributed by atoms with Crippen molar-refractivity contribution in [2.75, 3.05) is 5.43 Å². The summed E-state index contributed by atoms with van der Waals surface area (Å²) in [4.78, 5) is 12.2. The van der Waals surface area contributed by atoms with Crippen molar-refractivity contribution in [3.63, 3.8) is 0 Å². The fourth-order valence-corrected chi connectivity index (χ4v) is 2.21. The predicted octanol–water partition coefficient (Wildman–Crippen LogP) is 4.66. The normalized spacial score (nSPS) is 10.6. The molecule has 4 heteroatoms. The molecule has 124 valence electrons. The number of benzene rings is 3. The molecule has 4 nitrogen and oxygen atoms in total. The molecule has 0 unspecified atom stereocenters. The van der Waals surface area contributed by atoms with Crippen LogP contribution in [0.2, 0.25) is 0 Å². The first-order valence-corrected chi connectivity index (χ1v) is 7.94. The summed E-state index contributed by atoms with van der Waals surface area (Å²) in [6.07, 6.45) is 1.68. The van der Waals surface area contributed by atoms with Crippen molar-refractivity contribution in [3.8, 4) is 5.75 Å². The molecule has 3 aromatic rings. The first-order chi connectivity index (χ1) is 12.2. The third-order valence-electron chi connectivity index (χ3n) is 3.54. The Morgan fingerprint density at radius 3 is 2.48 bits per heavy atom. The highest BCUT2D eigenvalue weighted by molar-refractivity contribution is 5.91. The van der Waals surface area contributed by atoms with Gasteiger partial charge in [-0.1, -0.05) is 48.0 Å². The standard InChI is InChI=1S/C21H18N2O2/c1-16-10-12-18(13-11-16)21(24)25-20-9-5-6-17(14-20)15-22-23-19-7-3-2-4-8-19/h2-15,23H,1H3. The Hall–Kier alpha value is -3.40. The molecule has 0 atom stereocenters. The monoisotopic (exact) mass is 330 g/mol. The lowest BCUT2D eigenvalue weighted by atomic mass is 10.1. The van der Waals surface area contributed by atoms with Gasteiger partial charge in [-0.25, -0.2) is 4.79 Å². The number of nitrogens with zero attached hydrogens (tertiary/aromatic N) is 1. The number of para-hydroxylation sites is 1. The molecule has 0 aromatic heterocycles. The zero-order valence-corrected chi connectivity index (χ0v) is 13.8. The van der Waals surface area contributed by atoms with Gasteiger partial charge in [-0.2, -0.15) is 5.10 Å². The average Bonchev–Trinajstić information content (AvgIpc) is 2.63. The van der Waals surface area contributed by atoms with Gasteiger partial charge in [0.1, 0.15) is 5.75 Å². The van der Waals surface area contributed by atoms with E-state index in [-0.39, 0.29) is 5.97 Å². The molecule has 3 aromatic carbocycles. The Balaban J connectivity index is 1.64. The van der Waals surface area contributed by atoms with Crippen molar-refractivity contribution in [1.82, 2.24) is 0 Å². The van der Waals surface area contributed by atoms with Gasteiger partial charge >= 0.3 is 5.97 Å². The van der Waals surface area contributed by atoms with E-state index in [0.717, 1.165) is 16.8 Å². The number of nitrogens with one attached hydrogen (secondary N) is 1. The smallest absolute Gasteiger partial charge is 0.343 e. The lowest BCUT2D eigenvalue weighted by Crippen LogP contribution is -2.08. The molecule has 0 aliphatic rings. The Bertz CT molecular complexity index is 872. The van der Waals surface area contributed by atoms with Crippen LogP contribution in [0.15, 0.2) is 84.0 Å². The molecule has 0 saturated carbocycles. The molecule has 0 spiro atoms. The highest BCUT2D eigenvalue weighted by atomic mass is 16.5. The van der Waals surface area contributed by atoms with Crippen molar-refractivity contribution < 1.29 is 9.53 Å². The van der Waals surface area contributed by atoms with Crippen LogP contribution in [0.4, 0.5) is 5.69 Å². The van der Waals surface area contributed by atoms with E-state index in [1.807, 2.05) is 61.5 Å². The minimum atomic E-state index is -0.378. The second-order valence-corrected chi connectivity index (χ2v) is 5.56. The second kappa shape index (κ2) is 7.93. The van der Waals surface area contributed by atoms with Crippen LogP contribution in [0.3, 0.4) is 0 Å². The first-order valence-electron chi connectivity index (χ1n) is 7.94. The van der Waals surface area contributed by atoms with Crippen molar-refractivity contribution in [2.24, 2.45) is 5.10 Å². The van der Waals surface area contributed by atoms with Crippen LogP contribution in [0.1, 0.15) is 21.5 Å². The summed E-state index contributed by atoms with van der Waals surface area (Å²) in [6.45, 7) is 1.97. The summed E-state index contributed by atoms with van der Waals surface area (Å²) in [7, 11) is 0.